The van der Waals surface area contributed by atoms with Gasteiger partial charge in [-0.2, -0.15) is 0 Å². The highest BCUT2D eigenvalue weighted by molar-refractivity contribution is 6.16. The van der Waals surface area contributed by atoms with E-state index in [0.717, 1.165) is 22.9 Å². The Bertz CT molecular complexity index is 775. The molecule has 0 fully saturated rings. The Morgan fingerprint density at radius 1 is 1.05 bits per heavy atom. The summed E-state index contributed by atoms with van der Waals surface area (Å²) in [4.78, 5) is 21.2. The number of hydrogen-bond donors (Lipinski definition) is 0. The summed E-state index contributed by atoms with van der Waals surface area (Å²) in [6.07, 6.45) is 5.91. The van der Waals surface area contributed by atoms with Crippen LogP contribution in [0.25, 0.3) is 10.9 Å². The van der Waals surface area contributed by atoms with Crippen LogP contribution < -0.4 is 0 Å². The lowest BCUT2D eigenvalue weighted by Crippen LogP contribution is -2.06. The third-order valence-electron chi connectivity index (χ3n) is 3.41. The number of nitrogens with zero attached hydrogens (tertiary/aromatic N) is 2. The first-order chi connectivity index (χ1) is 9.81. The molecule has 2 heterocycles. The van der Waals surface area contributed by atoms with Crippen LogP contribution in [0.15, 0.2) is 55.0 Å². The minimum atomic E-state index is 0.00792. The van der Waals surface area contributed by atoms with E-state index in [4.69, 9.17) is 0 Å². The van der Waals surface area contributed by atoms with Crippen LogP contribution in [0.1, 0.15) is 28.4 Å². The summed E-state index contributed by atoms with van der Waals surface area (Å²) >= 11 is 0. The molecule has 0 bridgehead atoms. The van der Waals surface area contributed by atoms with E-state index >= 15 is 0 Å². The zero-order valence-electron chi connectivity index (χ0n) is 11.2. The number of carbonyl (C=O) groups excluding carboxylic acids is 1. The number of ketones is 1. The standard InChI is InChI=1S/C17H14N2O/c1-2-12-11-18-10-8-14(12)17(20)15-7-3-5-13-6-4-9-19-16(13)15/h3-11H,2H2,1H3. The van der Waals surface area contributed by atoms with Gasteiger partial charge >= 0.3 is 0 Å². The molecule has 20 heavy (non-hydrogen) atoms. The van der Waals surface area contributed by atoms with Crippen molar-refractivity contribution in [2.45, 2.75) is 13.3 Å². The third kappa shape index (κ3) is 2.07. The van der Waals surface area contributed by atoms with E-state index in [1.807, 2.05) is 37.3 Å². The van der Waals surface area contributed by atoms with Crippen molar-refractivity contribution in [1.29, 1.82) is 0 Å². The summed E-state index contributed by atoms with van der Waals surface area (Å²) < 4.78 is 0. The molecule has 3 rings (SSSR count). The molecular weight excluding hydrogens is 248 g/mol. The van der Waals surface area contributed by atoms with Gasteiger partial charge in [-0.25, -0.2) is 0 Å². The molecule has 3 nitrogen and oxygen atoms in total. The van der Waals surface area contributed by atoms with Crippen molar-refractivity contribution in [3.05, 3.63) is 71.7 Å². The Morgan fingerprint density at radius 2 is 1.90 bits per heavy atom. The van der Waals surface area contributed by atoms with E-state index in [-0.39, 0.29) is 5.78 Å². The van der Waals surface area contributed by atoms with Crippen LogP contribution in [0.5, 0.6) is 0 Å². The SMILES string of the molecule is CCc1cnccc1C(=O)c1cccc2cccnc12. The first-order valence-electron chi connectivity index (χ1n) is 6.62. The molecule has 0 amide bonds. The number of carbonyl (C=O) groups is 1. The first-order valence-corrected chi connectivity index (χ1v) is 6.62. The smallest absolute Gasteiger partial charge is 0.195 e. The zero-order valence-corrected chi connectivity index (χ0v) is 11.2. The molecule has 0 atom stereocenters. The molecular formula is C17H14N2O. The maximum atomic E-state index is 12.8. The zero-order chi connectivity index (χ0) is 13.9. The van der Waals surface area contributed by atoms with E-state index in [0.29, 0.717) is 11.1 Å². The summed E-state index contributed by atoms with van der Waals surface area (Å²) in [6, 6.07) is 11.3. The summed E-state index contributed by atoms with van der Waals surface area (Å²) in [7, 11) is 0. The average molecular weight is 262 g/mol. The number of aryl methyl sites for hydroxylation is 1. The van der Waals surface area contributed by atoms with Crippen molar-refractivity contribution < 1.29 is 4.79 Å². The van der Waals surface area contributed by atoms with Gasteiger partial charge in [0.2, 0.25) is 0 Å². The molecule has 0 radical (unpaired) electrons. The van der Waals surface area contributed by atoms with Crippen LogP contribution >= 0.6 is 0 Å². The Labute approximate surface area is 117 Å². The summed E-state index contributed by atoms with van der Waals surface area (Å²) in [5.41, 5.74) is 3.06. The van der Waals surface area contributed by atoms with Gasteiger partial charge in [-0.3, -0.25) is 14.8 Å². The fourth-order valence-electron chi connectivity index (χ4n) is 2.36. The summed E-state index contributed by atoms with van der Waals surface area (Å²) in [6.45, 7) is 2.02. The monoisotopic (exact) mass is 262 g/mol. The van der Waals surface area contributed by atoms with Crippen LogP contribution in [0, 0.1) is 0 Å². The number of hydrogen-bond acceptors (Lipinski definition) is 3. The first kappa shape index (κ1) is 12.5. The molecule has 2 aromatic heterocycles. The van der Waals surface area contributed by atoms with Gasteiger partial charge in [0, 0.05) is 35.1 Å². The van der Waals surface area contributed by atoms with E-state index in [9.17, 15) is 4.79 Å². The number of rotatable bonds is 3. The molecule has 0 spiro atoms. The Kier molecular flexibility index (Phi) is 3.25. The van der Waals surface area contributed by atoms with Crippen molar-refractivity contribution in [2.24, 2.45) is 0 Å². The quantitative estimate of drug-likeness (QED) is 0.679. The molecule has 0 unspecified atom stereocenters. The second-order valence-electron chi connectivity index (χ2n) is 4.60. The molecule has 0 saturated heterocycles. The van der Waals surface area contributed by atoms with Crippen LogP contribution in [0.2, 0.25) is 0 Å². The minimum absolute atomic E-state index is 0.00792. The largest absolute Gasteiger partial charge is 0.289 e. The van der Waals surface area contributed by atoms with Gasteiger partial charge in [0.1, 0.15) is 0 Å². The Hall–Kier alpha value is -2.55. The van der Waals surface area contributed by atoms with Crippen molar-refractivity contribution in [3.8, 4) is 0 Å². The highest BCUT2D eigenvalue weighted by atomic mass is 16.1. The molecule has 0 aliphatic rings. The molecule has 3 aromatic rings. The number of benzene rings is 1. The maximum Gasteiger partial charge on any atom is 0.195 e. The lowest BCUT2D eigenvalue weighted by molar-refractivity contribution is 0.103. The molecule has 0 N–H and O–H groups in total. The number of para-hydroxylation sites is 1. The lowest BCUT2D eigenvalue weighted by Gasteiger charge is -2.08. The van der Waals surface area contributed by atoms with Crippen molar-refractivity contribution in [1.82, 2.24) is 9.97 Å². The van der Waals surface area contributed by atoms with Gasteiger partial charge in [-0.1, -0.05) is 25.1 Å². The van der Waals surface area contributed by atoms with Crippen LogP contribution in [0.4, 0.5) is 0 Å². The van der Waals surface area contributed by atoms with Crippen LogP contribution in [-0.2, 0) is 6.42 Å². The maximum absolute atomic E-state index is 12.8. The molecule has 0 saturated carbocycles. The van der Waals surface area contributed by atoms with Crippen LogP contribution in [-0.4, -0.2) is 15.8 Å². The predicted molar refractivity (Wildman–Crippen MR) is 78.8 cm³/mol. The van der Waals surface area contributed by atoms with Gasteiger partial charge in [0.05, 0.1) is 5.52 Å². The van der Waals surface area contributed by atoms with Crippen molar-refractivity contribution >= 4 is 16.7 Å². The normalized spacial score (nSPS) is 10.7. The lowest BCUT2D eigenvalue weighted by atomic mass is 9.97. The Morgan fingerprint density at radius 3 is 2.75 bits per heavy atom. The summed E-state index contributed by atoms with van der Waals surface area (Å²) in [5, 5.41) is 0.977. The molecule has 3 heteroatoms. The molecule has 0 aliphatic carbocycles. The third-order valence-corrected chi connectivity index (χ3v) is 3.41. The second kappa shape index (κ2) is 5.21. The number of pyridine rings is 2. The Balaban J connectivity index is 2.18. The summed E-state index contributed by atoms with van der Waals surface area (Å²) in [5.74, 6) is 0.00792. The van der Waals surface area contributed by atoms with E-state index < -0.39 is 0 Å². The van der Waals surface area contributed by atoms with Gasteiger partial charge in [0.15, 0.2) is 5.78 Å². The predicted octanol–water partition coefficient (Wildman–Crippen LogP) is 3.42. The fourth-order valence-corrected chi connectivity index (χ4v) is 2.36. The molecule has 98 valence electrons. The van der Waals surface area contributed by atoms with Gasteiger partial charge in [-0.05, 0) is 30.2 Å². The van der Waals surface area contributed by atoms with Gasteiger partial charge in [-0.15, -0.1) is 0 Å². The highest BCUT2D eigenvalue weighted by Gasteiger charge is 2.15. The minimum Gasteiger partial charge on any atom is -0.289 e. The number of aromatic nitrogens is 2. The van der Waals surface area contributed by atoms with E-state index in [1.165, 1.54) is 0 Å². The van der Waals surface area contributed by atoms with E-state index in [2.05, 4.69) is 9.97 Å². The van der Waals surface area contributed by atoms with E-state index in [1.54, 1.807) is 24.7 Å². The second-order valence-corrected chi connectivity index (χ2v) is 4.60. The van der Waals surface area contributed by atoms with Gasteiger partial charge in [0.25, 0.3) is 0 Å². The number of fused-ring (bicyclic) bond motifs is 1. The molecule has 1 aromatic carbocycles. The van der Waals surface area contributed by atoms with Crippen molar-refractivity contribution in [2.75, 3.05) is 0 Å². The fraction of sp³-hybridized carbons (Fsp3) is 0.118. The topological polar surface area (TPSA) is 42.9 Å². The average Bonchev–Trinajstić information content (AvgIpc) is 2.53. The molecule has 0 aliphatic heterocycles. The van der Waals surface area contributed by atoms with Crippen LogP contribution in [0.3, 0.4) is 0 Å². The van der Waals surface area contributed by atoms with Gasteiger partial charge < -0.3 is 0 Å². The van der Waals surface area contributed by atoms with Crippen molar-refractivity contribution in [3.63, 3.8) is 0 Å². The highest BCUT2D eigenvalue weighted by Crippen LogP contribution is 2.21.